The molecule has 8 heteroatoms. The lowest BCUT2D eigenvalue weighted by atomic mass is 10.0. The Balaban J connectivity index is 1.66. The molecule has 0 bridgehead atoms. The maximum absolute atomic E-state index is 12.2. The van der Waals surface area contributed by atoms with Crippen LogP contribution in [0.15, 0.2) is 49.6 Å². The van der Waals surface area contributed by atoms with Gasteiger partial charge >= 0.3 is 6.03 Å². The molecular formula is C19H18N6O2. The normalized spacial score (nSPS) is 18.1. The molecule has 1 aliphatic rings. The monoisotopic (exact) mass is 362 g/mol. The number of nitrogens with zero attached hydrogens (tertiary/aromatic N) is 4. The summed E-state index contributed by atoms with van der Waals surface area (Å²) in [7, 11) is 1.44. The van der Waals surface area contributed by atoms with Gasteiger partial charge in [0.25, 0.3) is 5.91 Å². The van der Waals surface area contributed by atoms with Gasteiger partial charge in [-0.2, -0.15) is 5.10 Å². The van der Waals surface area contributed by atoms with E-state index in [1.54, 1.807) is 29.3 Å². The van der Waals surface area contributed by atoms with E-state index in [9.17, 15) is 9.59 Å². The molecule has 3 heterocycles. The predicted octanol–water partition coefficient (Wildman–Crippen LogP) is 1.86. The fourth-order valence-corrected chi connectivity index (χ4v) is 3.24. The highest BCUT2D eigenvalue weighted by molar-refractivity contribution is 6.22. The maximum Gasteiger partial charge on any atom is 0.321 e. The number of imide groups is 1. The minimum Gasteiger partial charge on any atom is -0.341 e. The molecule has 0 spiro atoms. The molecule has 0 unspecified atom stereocenters. The molecule has 8 nitrogen and oxygen atoms in total. The number of imidazole rings is 1. The van der Waals surface area contributed by atoms with E-state index < -0.39 is 11.9 Å². The van der Waals surface area contributed by atoms with Crippen LogP contribution in [-0.2, 0) is 4.79 Å². The van der Waals surface area contributed by atoms with Crippen LogP contribution >= 0.6 is 0 Å². The second kappa shape index (κ2) is 6.64. The zero-order chi connectivity index (χ0) is 19.0. The number of rotatable bonds is 4. The number of nitrogens with one attached hydrogen (secondary N) is 2. The number of carbonyl (C=O) groups is 2. The summed E-state index contributed by atoms with van der Waals surface area (Å²) in [5.74, 6) is 0.0827. The molecule has 3 aromatic heterocycles. The van der Waals surface area contributed by atoms with E-state index in [1.807, 2.05) is 18.2 Å². The van der Waals surface area contributed by atoms with Crippen molar-refractivity contribution in [3.05, 3.63) is 66.4 Å². The standard InChI is InChI=1S/C19H18N6O2/c1-11(18(26)23-19(27)20-2)16-10-15(17-22-7-8-25(17)24-16)14-9-13(14)12-3-5-21-6-4-12/h3-8,10,13-14H,1,9H2,2H3,(H2,20,23,26,27)/t13-,14+/m0/s1. The van der Waals surface area contributed by atoms with Crippen molar-refractivity contribution in [1.82, 2.24) is 30.2 Å². The SMILES string of the molecule is C=C(C(=O)NC(=O)NC)c1cc([C@@H]2C[C@H]2c2ccncc2)c2nccn2n1. The van der Waals surface area contributed by atoms with Crippen molar-refractivity contribution >= 4 is 23.2 Å². The Morgan fingerprint density at radius 3 is 2.74 bits per heavy atom. The molecule has 1 aliphatic carbocycles. The van der Waals surface area contributed by atoms with E-state index in [4.69, 9.17) is 0 Å². The Morgan fingerprint density at radius 2 is 2.00 bits per heavy atom. The Hall–Kier alpha value is -3.55. The Bertz CT molecular complexity index is 1040. The smallest absolute Gasteiger partial charge is 0.321 e. The van der Waals surface area contributed by atoms with Crippen molar-refractivity contribution in [3.8, 4) is 0 Å². The Labute approximate surface area is 155 Å². The van der Waals surface area contributed by atoms with Crippen molar-refractivity contribution in [2.24, 2.45) is 0 Å². The zero-order valence-electron chi connectivity index (χ0n) is 14.7. The first kappa shape index (κ1) is 16.9. The molecule has 3 aromatic rings. The zero-order valence-corrected chi connectivity index (χ0v) is 14.7. The molecule has 0 aromatic carbocycles. The number of carbonyl (C=O) groups excluding carboxylic acids is 2. The average Bonchev–Trinajstić information content (AvgIpc) is 3.35. The van der Waals surface area contributed by atoms with Crippen LogP contribution < -0.4 is 10.6 Å². The van der Waals surface area contributed by atoms with Gasteiger partial charge in [-0.15, -0.1) is 0 Å². The van der Waals surface area contributed by atoms with E-state index in [-0.39, 0.29) is 11.5 Å². The molecule has 2 N–H and O–H groups in total. The molecule has 0 radical (unpaired) electrons. The highest BCUT2D eigenvalue weighted by Gasteiger charge is 2.41. The minimum absolute atomic E-state index is 0.122. The van der Waals surface area contributed by atoms with Gasteiger partial charge in [-0.25, -0.2) is 14.3 Å². The van der Waals surface area contributed by atoms with E-state index >= 15 is 0 Å². The van der Waals surface area contributed by atoms with Crippen LogP contribution in [0.5, 0.6) is 0 Å². The molecule has 4 rings (SSSR count). The van der Waals surface area contributed by atoms with Crippen LogP contribution in [0.4, 0.5) is 4.79 Å². The number of aromatic nitrogens is 4. The summed E-state index contributed by atoms with van der Waals surface area (Å²) < 4.78 is 1.64. The van der Waals surface area contributed by atoms with Crippen molar-refractivity contribution in [1.29, 1.82) is 0 Å². The molecule has 1 fully saturated rings. The summed E-state index contributed by atoms with van der Waals surface area (Å²) in [5, 5.41) is 8.96. The van der Waals surface area contributed by atoms with Crippen LogP contribution in [0, 0.1) is 0 Å². The maximum atomic E-state index is 12.2. The summed E-state index contributed by atoms with van der Waals surface area (Å²) in [5.41, 5.74) is 3.55. The van der Waals surface area contributed by atoms with E-state index in [1.165, 1.54) is 12.6 Å². The van der Waals surface area contributed by atoms with E-state index in [0.717, 1.165) is 17.6 Å². The summed E-state index contributed by atoms with van der Waals surface area (Å²) in [6.07, 6.45) is 7.98. The van der Waals surface area contributed by atoms with Gasteiger partial charge in [-0.1, -0.05) is 6.58 Å². The van der Waals surface area contributed by atoms with Gasteiger partial charge in [0.1, 0.15) is 0 Å². The first-order valence-corrected chi connectivity index (χ1v) is 8.55. The largest absolute Gasteiger partial charge is 0.341 e. The van der Waals surface area contributed by atoms with E-state index in [2.05, 4.69) is 32.3 Å². The third-order valence-electron chi connectivity index (χ3n) is 4.75. The Morgan fingerprint density at radius 1 is 1.22 bits per heavy atom. The Kier molecular flexibility index (Phi) is 4.15. The molecule has 136 valence electrons. The van der Waals surface area contributed by atoms with Crippen molar-refractivity contribution in [2.75, 3.05) is 7.05 Å². The topological polar surface area (TPSA) is 101 Å². The van der Waals surface area contributed by atoms with Crippen LogP contribution in [0.3, 0.4) is 0 Å². The van der Waals surface area contributed by atoms with Gasteiger partial charge < -0.3 is 5.32 Å². The van der Waals surface area contributed by atoms with Gasteiger partial charge in [-0.3, -0.25) is 15.1 Å². The fraction of sp³-hybridized carbons (Fsp3) is 0.211. The van der Waals surface area contributed by atoms with Crippen LogP contribution in [0.2, 0.25) is 0 Å². The summed E-state index contributed by atoms with van der Waals surface area (Å²) >= 11 is 0. The summed E-state index contributed by atoms with van der Waals surface area (Å²) in [6, 6.07) is 5.29. The third-order valence-corrected chi connectivity index (χ3v) is 4.75. The first-order valence-electron chi connectivity index (χ1n) is 8.55. The van der Waals surface area contributed by atoms with Gasteiger partial charge in [0.2, 0.25) is 0 Å². The molecular weight excluding hydrogens is 344 g/mol. The van der Waals surface area contributed by atoms with Crippen molar-refractivity contribution in [2.45, 2.75) is 18.3 Å². The highest BCUT2D eigenvalue weighted by atomic mass is 16.2. The summed E-state index contributed by atoms with van der Waals surface area (Å²) in [4.78, 5) is 32.1. The van der Waals surface area contributed by atoms with Crippen LogP contribution in [-0.4, -0.2) is 38.6 Å². The number of amides is 3. The minimum atomic E-state index is -0.593. The van der Waals surface area contributed by atoms with Gasteiger partial charge in [0, 0.05) is 37.4 Å². The second-order valence-electron chi connectivity index (χ2n) is 6.42. The summed E-state index contributed by atoms with van der Waals surface area (Å²) in [6.45, 7) is 3.80. The number of hydrogen-bond donors (Lipinski definition) is 2. The van der Waals surface area contributed by atoms with Crippen LogP contribution in [0.1, 0.15) is 35.1 Å². The first-order chi connectivity index (χ1) is 13.1. The molecule has 27 heavy (non-hydrogen) atoms. The highest BCUT2D eigenvalue weighted by Crippen LogP contribution is 2.55. The number of pyridine rings is 1. The van der Waals surface area contributed by atoms with Crippen LogP contribution in [0.25, 0.3) is 11.2 Å². The second-order valence-corrected chi connectivity index (χ2v) is 6.42. The van der Waals surface area contributed by atoms with Gasteiger partial charge in [-0.05, 0) is 42.0 Å². The fourth-order valence-electron chi connectivity index (χ4n) is 3.24. The van der Waals surface area contributed by atoms with Gasteiger partial charge in [0.15, 0.2) is 5.65 Å². The molecule has 3 amide bonds. The van der Waals surface area contributed by atoms with E-state index in [0.29, 0.717) is 11.6 Å². The molecule has 0 aliphatic heterocycles. The quantitative estimate of drug-likeness (QED) is 0.690. The van der Waals surface area contributed by atoms with Crippen molar-refractivity contribution < 1.29 is 9.59 Å². The van der Waals surface area contributed by atoms with Gasteiger partial charge in [0.05, 0.1) is 11.3 Å². The lowest BCUT2D eigenvalue weighted by Gasteiger charge is -2.09. The number of fused-ring (bicyclic) bond motifs is 1. The lowest BCUT2D eigenvalue weighted by Crippen LogP contribution is -2.37. The average molecular weight is 362 g/mol. The lowest BCUT2D eigenvalue weighted by molar-refractivity contribution is -0.114. The number of hydrogen-bond acceptors (Lipinski definition) is 5. The number of urea groups is 1. The molecule has 1 saturated carbocycles. The molecule has 2 atom stereocenters. The third kappa shape index (κ3) is 3.17. The predicted molar refractivity (Wildman–Crippen MR) is 99.0 cm³/mol. The molecule has 0 saturated heterocycles. The van der Waals surface area contributed by atoms with Crippen molar-refractivity contribution in [3.63, 3.8) is 0 Å².